The number of hydrogen-bond donors (Lipinski definition) is 1. The molecule has 1 aliphatic rings. The number of allylic oxidation sites excluding steroid dienone is 2. The van der Waals surface area contributed by atoms with Crippen molar-refractivity contribution < 1.29 is 9.90 Å². The van der Waals surface area contributed by atoms with Crippen molar-refractivity contribution >= 4 is 5.78 Å². The second kappa shape index (κ2) is 6.00. The van der Waals surface area contributed by atoms with Gasteiger partial charge in [0.2, 0.25) is 0 Å². The zero-order chi connectivity index (χ0) is 12.9. The predicted octanol–water partition coefficient (Wildman–Crippen LogP) is 3.27. The van der Waals surface area contributed by atoms with Crippen LogP contribution in [0.25, 0.3) is 0 Å². The molecular formula is C14H24O2. The number of carbonyl (C=O) groups excluding carboxylic acids is 1. The van der Waals surface area contributed by atoms with E-state index in [9.17, 15) is 9.90 Å². The van der Waals surface area contributed by atoms with Gasteiger partial charge in [0.25, 0.3) is 0 Å². The van der Waals surface area contributed by atoms with Crippen molar-refractivity contribution in [2.24, 2.45) is 5.41 Å². The molecule has 0 bridgehead atoms. The van der Waals surface area contributed by atoms with Gasteiger partial charge < -0.3 is 5.11 Å². The van der Waals surface area contributed by atoms with Crippen molar-refractivity contribution in [3.8, 4) is 0 Å². The lowest BCUT2D eigenvalue weighted by atomic mass is 9.71. The van der Waals surface area contributed by atoms with Crippen molar-refractivity contribution in [3.63, 3.8) is 0 Å². The fraction of sp³-hybridized carbons (Fsp3) is 0.643. The highest BCUT2D eigenvalue weighted by Crippen LogP contribution is 2.39. The van der Waals surface area contributed by atoms with Crippen molar-refractivity contribution in [1.82, 2.24) is 0 Å². The van der Waals surface area contributed by atoms with Gasteiger partial charge in [-0.3, -0.25) is 4.79 Å². The highest BCUT2D eigenvalue weighted by atomic mass is 16.3. The molecular weight excluding hydrogens is 200 g/mol. The van der Waals surface area contributed by atoms with Gasteiger partial charge in [-0.25, -0.2) is 0 Å². The topological polar surface area (TPSA) is 37.3 Å². The molecule has 1 aliphatic carbocycles. The molecule has 16 heavy (non-hydrogen) atoms. The predicted molar refractivity (Wildman–Crippen MR) is 68.3 cm³/mol. The molecule has 0 fully saturated rings. The fourth-order valence-corrected chi connectivity index (χ4v) is 2.01. The molecule has 1 rings (SSSR count). The van der Waals surface area contributed by atoms with E-state index in [1.807, 2.05) is 13.8 Å². The molecule has 0 heterocycles. The van der Waals surface area contributed by atoms with Crippen molar-refractivity contribution in [3.05, 3.63) is 23.8 Å². The first-order valence-electron chi connectivity index (χ1n) is 5.87. The molecule has 0 saturated heterocycles. The number of hydrogen-bond acceptors (Lipinski definition) is 2. The van der Waals surface area contributed by atoms with Gasteiger partial charge in [0.05, 0.1) is 0 Å². The van der Waals surface area contributed by atoms with E-state index >= 15 is 0 Å². The minimum atomic E-state index is -0.835. The smallest absolute Gasteiger partial charge is 0.187 e. The molecule has 0 radical (unpaired) electrons. The van der Waals surface area contributed by atoms with Crippen LogP contribution in [-0.4, -0.2) is 17.0 Å². The van der Waals surface area contributed by atoms with Crippen LogP contribution in [0.4, 0.5) is 0 Å². The summed E-state index contributed by atoms with van der Waals surface area (Å²) in [6, 6.07) is 0. The van der Waals surface area contributed by atoms with Gasteiger partial charge in [-0.05, 0) is 29.9 Å². The summed E-state index contributed by atoms with van der Waals surface area (Å²) >= 11 is 0. The molecule has 0 saturated carbocycles. The van der Waals surface area contributed by atoms with E-state index in [1.165, 1.54) is 6.42 Å². The summed E-state index contributed by atoms with van der Waals surface area (Å²) in [5, 5.41) is 9.48. The standard InChI is InChI=1S/C11H16O2.C3H8/c1-5-8-7(2)10(13)9(12)6-11(8,3)4;1-3-2/h5,9,12H,1,6H2,2-4H3;3H2,1-2H3. The Kier molecular flexibility index (Phi) is 5.66. The third-order valence-corrected chi connectivity index (χ3v) is 2.71. The second-order valence-corrected chi connectivity index (χ2v) is 4.92. The zero-order valence-corrected chi connectivity index (χ0v) is 11.1. The van der Waals surface area contributed by atoms with Gasteiger partial charge in [-0.15, -0.1) is 0 Å². The molecule has 0 aromatic carbocycles. The van der Waals surface area contributed by atoms with Gasteiger partial charge in [0, 0.05) is 0 Å². The molecule has 0 aromatic rings. The first kappa shape index (κ1) is 15.1. The lowest BCUT2D eigenvalue weighted by Crippen LogP contribution is -2.35. The van der Waals surface area contributed by atoms with Crippen LogP contribution >= 0.6 is 0 Å². The first-order chi connectivity index (χ1) is 7.31. The van der Waals surface area contributed by atoms with E-state index in [0.29, 0.717) is 12.0 Å². The zero-order valence-electron chi connectivity index (χ0n) is 11.1. The summed E-state index contributed by atoms with van der Waals surface area (Å²) in [4.78, 5) is 11.4. The van der Waals surface area contributed by atoms with E-state index < -0.39 is 6.10 Å². The maximum atomic E-state index is 11.4. The number of Topliss-reactive ketones (excluding diaryl/α,β-unsaturated/α-hetero) is 1. The minimum absolute atomic E-state index is 0.140. The number of aliphatic hydroxyl groups excluding tert-OH is 1. The van der Waals surface area contributed by atoms with E-state index in [1.54, 1.807) is 13.0 Å². The summed E-state index contributed by atoms with van der Waals surface area (Å²) in [6.45, 7) is 13.7. The molecule has 0 spiro atoms. The number of aliphatic hydroxyl groups is 1. The molecule has 0 amide bonds. The van der Waals surface area contributed by atoms with Gasteiger partial charge >= 0.3 is 0 Å². The highest BCUT2D eigenvalue weighted by Gasteiger charge is 2.36. The van der Waals surface area contributed by atoms with Crippen molar-refractivity contribution in [1.29, 1.82) is 0 Å². The Morgan fingerprint density at radius 1 is 1.50 bits per heavy atom. The van der Waals surface area contributed by atoms with Gasteiger partial charge in [-0.2, -0.15) is 0 Å². The molecule has 2 nitrogen and oxygen atoms in total. The molecule has 1 atom stereocenters. The summed E-state index contributed by atoms with van der Waals surface area (Å²) in [5.74, 6) is -0.158. The summed E-state index contributed by atoms with van der Waals surface area (Å²) in [5.41, 5.74) is 1.47. The molecule has 0 aromatic heterocycles. The summed E-state index contributed by atoms with van der Waals surface area (Å²) in [6.07, 6.45) is 2.63. The van der Waals surface area contributed by atoms with Gasteiger partial charge in [0.15, 0.2) is 5.78 Å². The van der Waals surface area contributed by atoms with Crippen LogP contribution in [0, 0.1) is 5.41 Å². The Labute approximate surface area is 99.1 Å². The largest absolute Gasteiger partial charge is 0.385 e. The third kappa shape index (κ3) is 3.31. The lowest BCUT2D eigenvalue weighted by molar-refractivity contribution is -0.125. The van der Waals surface area contributed by atoms with Crippen LogP contribution in [0.1, 0.15) is 47.5 Å². The molecule has 92 valence electrons. The van der Waals surface area contributed by atoms with Crippen LogP contribution < -0.4 is 0 Å². The summed E-state index contributed by atoms with van der Waals surface area (Å²) < 4.78 is 0. The SMILES string of the molecule is C=CC1=C(C)C(=O)C(O)CC1(C)C.CCC. The normalized spacial score (nSPS) is 23.6. The fourth-order valence-electron chi connectivity index (χ4n) is 2.01. The van der Waals surface area contributed by atoms with Crippen molar-refractivity contribution in [2.75, 3.05) is 0 Å². The van der Waals surface area contributed by atoms with E-state index in [-0.39, 0.29) is 11.2 Å². The maximum Gasteiger partial charge on any atom is 0.187 e. The van der Waals surface area contributed by atoms with E-state index in [0.717, 1.165) is 5.57 Å². The average molecular weight is 224 g/mol. The lowest BCUT2D eigenvalue weighted by Gasteiger charge is -2.34. The Balaban J connectivity index is 0.000000673. The second-order valence-electron chi connectivity index (χ2n) is 4.92. The Morgan fingerprint density at radius 2 is 1.94 bits per heavy atom. The Morgan fingerprint density at radius 3 is 2.31 bits per heavy atom. The van der Waals surface area contributed by atoms with Gasteiger partial charge in [-0.1, -0.05) is 46.8 Å². The minimum Gasteiger partial charge on any atom is -0.385 e. The quantitative estimate of drug-likeness (QED) is 0.742. The maximum absolute atomic E-state index is 11.4. The third-order valence-electron chi connectivity index (χ3n) is 2.71. The molecule has 1 unspecified atom stereocenters. The first-order valence-corrected chi connectivity index (χ1v) is 5.87. The average Bonchev–Trinajstić information content (AvgIpc) is 2.15. The van der Waals surface area contributed by atoms with Crippen LogP contribution in [-0.2, 0) is 4.79 Å². The monoisotopic (exact) mass is 224 g/mol. The van der Waals surface area contributed by atoms with Crippen molar-refractivity contribution in [2.45, 2.75) is 53.6 Å². The molecule has 2 heteroatoms. The Bertz CT molecular complexity index is 298. The van der Waals surface area contributed by atoms with Crippen LogP contribution in [0.5, 0.6) is 0 Å². The van der Waals surface area contributed by atoms with Crippen LogP contribution in [0.3, 0.4) is 0 Å². The van der Waals surface area contributed by atoms with E-state index in [4.69, 9.17) is 0 Å². The Hall–Kier alpha value is -0.890. The molecule has 1 N–H and O–H groups in total. The van der Waals surface area contributed by atoms with Crippen LogP contribution in [0.15, 0.2) is 23.8 Å². The van der Waals surface area contributed by atoms with Crippen LogP contribution in [0.2, 0.25) is 0 Å². The molecule has 0 aliphatic heterocycles. The summed E-state index contributed by atoms with van der Waals surface area (Å²) in [7, 11) is 0. The van der Waals surface area contributed by atoms with Gasteiger partial charge in [0.1, 0.15) is 6.10 Å². The number of rotatable bonds is 1. The van der Waals surface area contributed by atoms with E-state index in [2.05, 4.69) is 20.4 Å². The highest BCUT2D eigenvalue weighted by molar-refractivity contribution is 6.00. The number of carbonyl (C=O) groups is 1. The number of ketones is 1.